The molecule has 1 heterocycles. The zero-order valence-corrected chi connectivity index (χ0v) is 16.8. The zero-order valence-electron chi connectivity index (χ0n) is 16.8. The Bertz CT molecular complexity index is 1070. The number of aryl methyl sites for hydroxylation is 1. The number of hydrogen-bond donors (Lipinski definition) is 2. The van der Waals surface area contributed by atoms with E-state index in [-0.39, 0.29) is 29.2 Å². The molecule has 0 spiro atoms. The van der Waals surface area contributed by atoms with E-state index in [2.05, 4.69) is 10.3 Å². The first-order valence-electron chi connectivity index (χ1n) is 9.32. The third kappa shape index (κ3) is 4.37. The number of ether oxygens (including phenoxy) is 1. The van der Waals surface area contributed by atoms with Gasteiger partial charge in [-0.05, 0) is 46.1 Å². The van der Waals surface area contributed by atoms with Gasteiger partial charge in [-0.2, -0.15) is 0 Å². The minimum absolute atomic E-state index is 0.0824. The van der Waals surface area contributed by atoms with Gasteiger partial charge in [0.15, 0.2) is 5.69 Å². The van der Waals surface area contributed by atoms with E-state index in [1.54, 1.807) is 38.3 Å². The average Bonchev–Trinajstić information content (AvgIpc) is 2.75. The summed E-state index contributed by atoms with van der Waals surface area (Å²) in [6.07, 6.45) is -0.351. The maximum absolute atomic E-state index is 14.0. The van der Waals surface area contributed by atoms with Crippen molar-refractivity contribution in [2.45, 2.75) is 26.2 Å². The van der Waals surface area contributed by atoms with Crippen molar-refractivity contribution in [2.24, 2.45) is 0 Å². The van der Waals surface area contributed by atoms with Crippen LogP contribution in [0.25, 0.3) is 11.4 Å². The normalized spacial score (nSPS) is 11.2. The van der Waals surface area contributed by atoms with Crippen LogP contribution in [-0.2, 0) is 5.92 Å². The molecule has 2 N–H and O–H groups in total. The molecule has 0 atom stereocenters. The van der Waals surface area contributed by atoms with E-state index in [0.29, 0.717) is 21.7 Å². The Morgan fingerprint density at radius 1 is 1.20 bits per heavy atom. The molecule has 0 saturated heterocycles. The highest BCUT2D eigenvalue weighted by molar-refractivity contribution is 6.02. The van der Waals surface area contributed by atoms with Gasteiger partial charge in [0.1, 0.15) is 5.75 Å². The summed E-state index contributed by atoms with van der Waals surface area (Å²) in [5.74, 6) is -2.85. The minimum Gasteiger partial charge on any atom is -0.497 e. The molecule has 0 aliphatic carbocycles. The second kappa shape index (κ2) is 8.44. The number of anilines is 1. The summed E-state index contributed by atoms with van der Waals surface area (Å²) in [5.41, 5.74) is 1.000. The van der Waals surface area contributed by atoms with Crippen molar-refractivity contribution in [3.05, 3.63) is 71.5 Å². The molecule has 0 bridgehead atoms. The van der Waals surface area contributed by atoms with Crippen molar-refractivity contribution in [1.82, 2.24) is 4.98 Å². The largest absolute Gasteiger partial charge is 0.497 e. The molecule has 0 saturated carbocycles. The number of alkyl halides is 2. The number of carbonyl (C=O) groups excluding carboxylic acids is 1. The number of aromatic nitrogens is 2. The number of carbonyl (C=O) groups is 1. The van der Waals surface area contributed by atoms with Crippen molar-refractivity contribution in [2.75, 3.05) is 12.4 Å². The SMILES string of the molecule is CCC(F)(F)c1cccc(NC(=O)c2cc(C)nc(-c3ccc(OC)cc3)[n+]2O)c1. The van der Waals surface area contributed by atoms with Crippen LogP contribution < -0.4 is 14.8 Å². The lowest BCUT2D eigenvalue weighted by Gasteiger charge is -2.15. The molecule has 30 heavy (non-hydrogen) atoms. The molecule has 8 heteroatoms. The second-order valence-electron chi connectivity index (χ2n) is 6.74. The van der Waals surface area contributed by atoms with Crippen LogP contribution >= 0.6 is 0 Å². The quantitative estimate of drug-likeness (QED) is 0.465. The Morgan fingerprint density at radius 2 is 1.90 bits per heavy atom. The number of nitrogens with one attached hydrogen (secondary N) is 1. The van der Waals surface area contributed by atoms with Crippen molar-refractivity contribution >= 4 is 11.6 Å². The first kappa shape index (κ1) is 21.2. The lowest BCUT2D eigenvalue weighted by Crippen LogP contribution is -2.43. The zero-order chi connectivity index (χ0) is 21.9. The van der Waals surface area contributed by atoms with E-state index in [9.17, 15) is 18.8 Å². The molecule has 0 unspecified atom stereocenters. The number of rotatable bonds is 6. The van der Waals surface area contributed by atoms with Crippen LogP contribution in [0.4, 0.5) is 14.5 Å². The standard InChI is InChI=1S/C22H21F2N3O3/c1-4-22(23,24)16-6-5-7-17(13-16)26-21(28)19-12-14(2)25-20(27(19)29)15-8-10-18(30-3)11-9-15/h5-13H,4H2,1-3H3,(H-,26,28,29)/p+1. The topological polar surface area (TPSA) is 75.3 Å². The molecule has 2 aromatic carbocycles. The summed E-state index contributed by atoms with van der Waals surface area (Å²) < 4.78 is 33.7. The van der Waals surface area contributed by atoms with E-state index in [4.69, 9.17) is 4.74 Å². The van der Waals surface area contributed by atoms with Crippen molar-refractivity contribution in [3.63, 3.8) is 0 Å². The molecule has 1 aromatic heterocycles. The Morgan fingerprint density at radius 3 is 2.53 bits per heavy atom. The van der Waals surface area contributed by atoms with Gasteiger partial charge in [-0.3, -0.25) is 4.79 Å². The third-order valence-electron chi connectivity index (χ3n) is 4.62. The van der Waals surface area contributed by atoms with E-state index >= 15 is 0 Å². The fourth-order valence-electron chi connectivity index (χ4n) is 2.93. The summed E-state index contributed by atoms with van der Waals surface area (Å²) in [6.45, 7) is 3.08. The third-order valence-corrected chi connectivity index (χ3v) is 4.62. The highest BCUT2D eigenvalue weighted by Gasteiger charge is 2.30. The fourth-order valence-corrected chi connectivity index (χ4v) is 2.93. The van der Waals surface area contributed by atoms with Crippen LogP contribution in [0.1, 0.15) is 35.1 Å². The molecule has 156 valence electrons. The number of nitrogens with zero attached hydrogens (tertiary/aromatic N) is 2. The number of benzene rings is 2. The molecule has 0 fully saturated rings. The Hall–Kier alpha value is -3.55. The number of halogens is 2. The van der Waals surface area contributed by atoms with Crippen LogP contribution in [0.15, 0.2) is 54.6 Å². The predicted octanol–water partition coefficient (Wildman–Crippen LogP) is 4.34. The maximum atomic E-state index is 14.0. The summed E-state index contributed by atoms with van der Waals surface area (Å²) in [6, 6.07) is 13.7. The summed E-state index contributed by atoms with van der Waals surface area (Å²) in [4.78, 5) is 17.1. The molecule has 3 rings (SSSR count). The van der Waals surface area contributed by atoms with Gasteiger partial charge < -0.3 is 15.3 Å². The van der Waals surface area contributed by atoms with Crippen molar-refractivity contribution in [3.8, 4) is 17.1 Å². The van der Waals surface area contributed by atoms with E-state index < -0.39 is 11.8 Å². The Labute approximate surface area is 172 Å². The lowest BCUT2D eigenvalue weighted by atomic mass is 10.1. The van der Waals surface area contributed by atoms with Gasteiger partial charge >= 0.3 is 5.82 Å². The molecule has 3 aromatic rings. The van der Waals surface area contributed by atoms with Gasteiger partial charge in [-0.15, -0.1) is 0 Å². The van der Waals surface area contributed by atoms with Crippen LogP contribution in [-0.4, -0.2) is 23.2 Å². The van der Waals surface area contributed by atoms with E-state index in [0.717, 1.165) is 0 Å². The van der Waals surface area contributed by atoms with Crippen LogP contribution in [0, 0.1) is 6.92 Å². The summed E-state index contributed by atoms with van der Waals surface area (Å²) >= 11 is 0. The van der Waals surface area contributed by atoms with Crippen molar-refractivity contribution in [1.29, 1.82) is 0 Å². The number of hydrogen-bond acceptors (Lipinski definition) is 4. The Balaban J connectivity index is 1.93. The van der Waals surface area contributed by atoms with Gasteiger partial charge in [0, 0.05) is 30.7 Å². The maximum Gasteiger partial charge on any atom is 0.369 e. The second-order valence-corrected chi connectivity index (χ2v) is 6.74. The predicted molar refractivity (Wildman–Crippen MR) is 107 cm³/mol. The number of amides is 1. The minimum atomic E-state index is -2.99. The molecule has 0 radical (unpaired) electrons. The van der Waals surface area contributed by atoms with E-state index in [1.165, 1.54) is 37.3 Å². The lowest BCUT2D eigenvalue weighted by molar-refractivity contribution is -0.898. The van der Waals surface area contributed by atoms with Gasteiger partial charge in [0.2, 0.25) is 5.69 Å². The molecular formula is C22H22F2N3O3+. The molecule has 0 aliphatic heterocycles. The summed E-state index contributed by atoms with van der Waals surface area (Å²) in [5, 5.41) is 13.2. The Kier molecular flexibility index (Phi) is 5.96. The number of methoxy groups -OCH3 is 1. The fraction of sp³-hybridized carbons (Fsp3) is 0.227. The van der Waals surface area contributed by atoms with Crippen molar-refractivity contribution < 1.29 is 28.2 Å². The molecule has 0 aliphatic rings. The monoisotopic (exact) mass is 414 g/mol. The average molecular weight is 414 g/mol. The molecule has 1 amide bonds. The van der Waals surface area contributed by atoms with Crippen LogP contribution in [0.5, 0.6) is 5.75 Å². The highest BCUT2D eigenvalue weighted by atomic mass is 19.3. The van der Waals surface area contributed by atoms with Crippen LogP contribution in [0.3, 0.4) is 0 Å². The molecule has 6 nitrogen and oxygen atoms in total. The van der Waals surface area contributed by atoms with Crippen LogP contribution in [0.2, 0.25) is 0 Å². The van der Waals surface area contributed by atoms with Gasteiger partial charge in [0.05, 0.1) is 12.7 Å². The van der Waals surface area contributed by atoms with Gasteiger partial charge in [-0.1, -0.05) is 19.1 Å². The van der Waals surface area contributed by atoms with Gasteiger partial charge in [0.25, 0.3) is 11.8 Å². The summed E-state index contributed by atoms with van der Waals surface area (Å²) in [7, 11) is 1.54. The first-order chi connectivity index (χ1) is 14.2. The first-order valence-corrected chi connectivity index (χ1v) is 9.32. The van der Waals surface area contributed by atoms with Gasteiger partial charge in [-0.25, -0.2) is 8.78 Å². The smallest absolute Gasteiger partial charge is 0.369 e. The molecular weight excluding hydrogens is 392 g/mol. The van der Waals surface area contributed by atoms with E-state index in [1.807, 2.05) is 0 Å². The highest BCUT2D eigenvalue weighted by Crippen LogP contribution is 2.32.